The third-order valence-electron chi connectivity index (χ3n) is 12.3. The molecular formula is C59H39N5O. The van der Waals surface area contributed by atoms with Gasteiger partial charge in [0, 0.05) is 27.5 Å². The monoisotopic (exact) mass is 833 g/mol. The molecule has 0 aliphatic carbocycles. The molecule has 6 heteroatoms. The number of hydrogen-bond donors (Lipinski definition) is 2. The highest BCUT2D eigenvalue weighted by Gasteiger charge is 2.28. The third kappa shape index (κ3) is 7.62. The molecular weight excluding hydrogens is 795 g/mol. The number of nitrogens with one attached hydrogen (secondary N) is 2. The van der Waals surface area contributed by atoms with Gasteiger partial charge < -0.3 is 9.73 Å². The van der Waals surface area contributed by atoms with E-state index in [0.717, 1.165) is 94.5 Å². The molecule has 9 aromatic carbocycles. The van der Waals surface area contributed by atoms with Gasteiger partial charge in [0.25, 0.3) is 0 Å². The van der Waals surface area contributed by atoms with Crippen molar-refractivity contribution in [3.63, 3.8) is 0 Å². The summed E-state index contributed by atoms with van der Waals surface area (Å²) in [4.78, 5) is 5.38. The molecule has 0 radical (unpaired) electrons. The number of hydrogen-bond acceptors (Lipinski definition) is 6. The maximum absolute atomic E-state index is 9.36. The van der Waals surface area contributed by atoms with Crippen LogP contribution in [0.4, 0.5) is 0 Å². The van der Waals surface area contributed by atoms with Crippen LogP contribution in [0.5, 0.6) is 0 Å². The lowest BCUT2D eigenvalue weighted by Gasteiger charge is -2.32. The zero-order chi connectivity index (χ0) is 43.7. The third-order valence-corrected chi connectivity index (χ3v) is 12.3. The first-order valence-corrected chi connectivity index (χ1v) is 21.6. The van der Waals surface area contributed by atoms with Gasteiger partial charge in [0.05, 0.1) is 23.3 Å². The van der Waals surface area contributed by atoms with Crippen LogP contribution in [0.2, 0.25) is 0 Å². The Morgan fingerprint density at radius 1 is 0.446 bits per heavy atom. The second kappa shape index (κ2) is 16.8. The molecule has 2 heterocycles. The number of aliphatic imine (C=N–C) groups is 1. The van der Waals surface area contributed by atoms with Crippen molar-refractivity contribution >= 4 is 27.8 Å². The molecule has 1 aliphatic heterocycles. The lowest BCUT2D eigenvalue weighted by Crippen LogP contribution is -2.45. The predicted octanol–water partition coefficient (Wildman–Crippen LogP) is 14.0. The van der Waals surface area contributed by atoms with Crippen LogP contribution in [-0.4, -0.2) is 5.84 Å². The molecule has 0 fully saturated rings. The summed E-state index contributed by atoms with van der Waals surface area (Å²) in [6.45, 7) is 0. The summed E-state index contributed by atoms with van der Waals surface area (Å²) in [6, 6.07) is 77.1. The van der Waals surface area contributed by atoms with Gasteiger partial charge in [-0.05, 0) is 98.1 Å². The molecule has 0 spiro atoms. The Kier molecular flexibility index (Phi) is 10.1. The first-order chi connectivity index (χ1) is 32.1. The predicted molar refractivity (Wildman–Crippen MR) is 262 cm³/mol. The highest BCUT2D eigenvalue weighted by molar-refractivity contribution is 6.13. The highest BCUT2D eigenvalue weighted by Crippen LogP contribution is 2.43. The van der Waals surface area contributed by atoms with Crippen LogP contribution in [0.3, 0.4) is 0 Å². The van der Waals surface area contributed by atoms with Crippen LogP contribution in [-0.2, 0) is 0 Å². The van der Waals surface area contributed by atoms with Gasteiger partial charge in [-0.15, -0.1) is 0 Å². The summed E-state index contributed by atoms with van der Waals surface area (Å²) >= 11 is 0. The lowest BCUT2D eigenvalue weighted by molar-refractivity contribution is 0.410. The number of furan rings is 1. The van der Waals surface area contributed by atoms with E-state index in [2.05, 4.69) is 156 Å². The van der Waals surface area contributed by atoms with Crippen molar-refractivity contribution in [1.29, 1.82) is 10.5 Å². The topological polar surface area (TPSA) is 97.1 Å². The van der Waals surface area contributed by atoms with Crippen molar-refractivity contribution in [3.05, 3.63) is 240 Å². The van der Waals surface area contributed by atoms with Gasteiger partial charge in [-0.3, -0.25) is 5.32 Å². The molecule has 0 saturated heterocycles. The van der Waals surface area contributed by atoms with E-state index in [4.69, 9.17) is 9.41 Å². The number of amidine groups is 1. The minimum Gasteiger partial charge on any atom is -0.455 e. The number of benzene rings is 9. The van der Waals surface area contributed by atoms with E-state index in [-0.39, 0.29) is 6.17 Å². The summed E-state index contributed by atoms with van der Waals surface area (Å²) < 4.78 is 6.93. The average Bonchev–Trinajstić information content (AvgIpc) is 3.78. The minimum atomic E-state index is -0.416. The van der Waals surface area contributed by atoms with Crippen LogP contribution in [0.1, 0.15) is 40.1 Å². The SMILES string of the molecule is N#Cc1ccc(-c2ccc(-c3cc(-c4ccc(-c5ccc(C#N)cc5)cc4)c4oc5cccc(C6N=C(c7ccccc7)NC(c7ccc(-c8ccccc8)cc7)N6)c5c4c3)cc2)cc1. The Balaban J connectivity index is 1.04. The van der Waals surface area contributed by atoms with Crippen molar-refractivity contribution in [2.45, 2.75) is 12.3 Å². The van der Waals surface area contributed by atoms with Gasteiger partial charge in [0.2, 0.25) is 0 Å². The van der Waals surface area contributed by atoms with Gasteiger partial charge in [0.1, 0.15) is 29.3 Å². The number of nitriles is 2. The summed E-state index contributed by atoms with van der Waals surface area (Å²) in [5.74, 6) is 0.808. The fraction of sp³-hybridized carbons (Fsp3) is 0.0339. The Morgan fingerprint density at radius 3 is 1.48 bits per heavy atom. The number of rotatable bonds is 8. The summed E-state index contributed by atoms with van der Waals surface area (Å²) in [6.07, 6.45) is -0.651. The molecule has 0 amide bonds. The zero-order valence-electron chi connectivity index (χ0n) is 35.1. The normalized spacial score (nSPS) is 14.6. The van der Waals surface area contributed by atoms with Crippen LogP contribution >= 0.6 is 0 Å². The maximum atomic E-state index is 9.36. The Bertz CT molecular complexity index is 3450. The lowest BCUT2D eigenvalue weighted by atomic mass is 9.92. The van der Waals surface area contributed by atoms with Crippen molar-refractivity contribution in [3.8, 4) is 67.8 Å². The second-order valence-corrected chi connectivity index (χ2v) is 16.2. The van der Waals surface area contributed by atoms with E-state index >= 15 is 0 Å². The van der Waals surface area contributed by atoms with E-state index in [1.807, 2.05) is 78.9 Å². The number of nitrogens with zero attached hydrogens (tertiary/aromatic N) is 3. The van der Waals surface area contributed by atoms with Crippen molar-refractivity contribution in [2.24, 2.45) is 4.99 Å². The van der Waals surface area contributed by atoms with E-state index in [1.165, 1.54) is 5.56 Å². The van der Waals surface area contributed by atoms with Crippen LogP contribution in [0.15, 0.2) is 222 Å². The second-order valence-electron chi connectivity index (χ2n) is 16.2. The molecule has 0 bridgehead atoms. The van der Waals surface area contributed by atoms with E-state index < -0.39 is 6.17 Å². The van der Waals surface area contributed by atoms with E-state index in [9.17, 15) is 10.5 Å². The highest BCUT2D eigenvalue weighted by atomic mass is 16.3. The van der Waals surface area contributed by atoms with Gasteiger partial charge in [-0.2, -0.15) is 10.5 Å². The molecule has 11 rings (SSSR count). The quantitative estimate of drug-likeness (QED) is 0.159. The molecule has 0 saturated carbocycles. The summed E-state index contributed by atoms with van der Waals surface area (Å²) in [5, 5.41) is 28.3. The fourth-order valence-electron chi connectivity index (χ4n) is 8.87. The van der Waals surface area contributed by atoms with E-state index in [1.54, 1.807) is 0 Å². The minimum absolute atomic E-state index is 0.235. The van der Waals surface area contributed by atoms with Crippen LogP contribution in [0.25, 0.3) is 77.6 Å². The Hall–Kier alpha value is -8.81. The largest absolute Gasteiger partial charge is 0.455 e. The van der Waals surface area contributed by atoms with Crippen LogP contribution in [0, 0.1) is 22.7 Å². The fourth-order valence-corrected chi connectivity index (χ4v) is 8.87. The Morgan fingerprint density at radius 2 is 0.923 bits per heavy atom. The maximum Gasteiger partial charge on any atom is 0.143 e. The van der Waals surface area contributed by atoms with Crippen molar-refractivity contribution < 1.29 is 4.42 Å². The van der Waals surface area contributed by atoms with Gasteiger partial charge in [0.15, 0.2) is 0 Å². The first kappa shape index (κ1) is 39.1. The van der Waals surface area contributed by atoms with Gasteiger partial charge >= 0.3 is 0 Å². The summed E-state index contributed by atoms with van der Waals surface area (Å²) in [5.41, 5.74) is 16.6. The number of fused-ring (bicyclic) bond motifs is 3. The molecule has 1 aliphatic rings. The Labute approximate surface area is 377 Å². The van der Waals surface area contributed by atoms with Crippen LogP contribution < -0.4 is 10.6 Å². The smallest absolute Gasteiger partial charge is 0.143 e. The molecule has 2 unspecified atom stereocenters. The van der Waals surface area contributed by atoms with E-state index in [0.29, 0.717) is 11.1 Å². The van der Waals surface area contributed by atoms with Crippen molar-refractivity contribution in [2.75, 3.05) is 0 Å². The average molecular weight is 834 g/mol. The molecule has 6 nitrogen and oxygen atoms in total. The standard InChI is InChI=1S/C59H39N5O/c60-36-38-14-18-41(19-15-38)44-22-24-46(25-23-44)50-34-52(47-30-26-45(27-31-47)42-20-16-39(37-61)17-21-42)56-53(35-50)55-51(12-7-13-54(55)65-56)59-63-57(48-10-5-2-6-11-48)62-58(64-59)49-32-28-43(29-33-49)40-8-3-1-4-9-40/h1-35,58-59,64H,(H,62,63). The molecule has 2 atom stereocenters. The van der Waals surface area contributed by atoms with Gasteiger partial charge in [-0.25, -0.2) is 4.99 Å². The first-order valence-electron chi connectivity index (χ1n) is 21.6. The van der Waals surface area contributed by atoms with Gasteiger partial charge in [-0.1, -0.05) is 170 Å². The molecule has 10 aromatic rings. The molecule has 1 aromatic heterocycles. The molecule has 306 valence electrons. The van der Waals surface area contributed by atoms with Crippen molar-refractivity contribution in [1.82, 2.24) is 10.6 Å². The summed E-state index contributed by atoms with van der Waals surface area (Å²) in [7, 11) is 0. The molecule has 65 heavy (non-hydrogen) atoms. The molecule has 2 N–H and O–H groups in total. The zero-order valence-corrected chi connectivity index (χ0v) is 35.1.